The van der Waals surface area contributed by atoms with E-state index in [9.17, 15) is 4.79 Å². The van der Waals surface area contributed by atoms with Crippen LogP contribution in [0.3, 0.4) is 0 Å². The maximum atomic E-state index is 10.7. The van der Waals surface area contributed by atoms with Gasteiger partial charge in [-0.25, -0.2) is 4.98 Å². The lowest BCUT2D eigenvalue weighted by Crippen LogP contribution is -1.95. The lowest BCUT2D eigenvalue weighted by atomic mass is 10.2. The van der Waals surface area contributed by atoms with Gasteiger partial charge in [0.25, 0.3) is 0 Å². The maximum Gasteiger partial charge on any atom is 0.151 e. The fourth-order valence-corrected chi connectivity index (χ4v) is 1.92. The molecule has 0 radical (unpaired) electrons. The van der Waals surface area contributed by atoms with Crippen LogP contribution in [0.1, 0.15) is 16.1 Å². The third kappa shape index (κ3) is 1.68. The Morgan fingerprint density at radius 2 is 2.06 bits per heavy atom. The number of aromatic nitrogens is 3. The Balaban J connectivity index is 2.18. The quantitative estimate of drug-likeness (QED) is 0.643. The van der Waals surface area contributed by atoms with Crippen molar-refractivity contribution in [2.24, 2.45) is 0 Å². The fraction of sp³-hybridized carbons (Fsp3) is 0.0714. The van der Waals surface area contributed by atoms with Crippen LogP contribution in [0.5, 0.6) is 0 Å². The van der Waals surface area contributed by atoms with Crippen molar-refractivity contribution in [1.82, 2.24) is 14.5 Å². The Bertz CT molecular complexity index is 713. The average Bonchev–Trinajstić information content (AvgIpc) is 2.82. The third-order valence-electron chi connectivity index (χ3n) is 2.86. The van der Waals surface area contributed by atoms with Gasteiger partial charge >= 0.3 is 0 Å². The van der Waals surface area contributed by atoms with E-state index >= 15 is 0 Å². The highest BCUT2D eigenvalue weighted by atomic mass is 16.1. The molecular formula is C14H11N3O. The summed E-state index contributed by atoms with van der Waals surface area (Å²) < 4.78 is 1.95. The highest BCUT2D eigenvalue weighted by Crippen LogP contribution is 2.18. The first-order valence-electron chi connectivity index (χ1n) is 5.63. The molecule has 0 spiro atoms. The van der Waals surface area contributed by atoms with Crippen molar-refractivity contribution >= 4 is 17.3 Å². The van der Waals surface area contributed by atoms with E-state index in [-0.39, 0.29) is 0 Å². The van der Waals surface area contributed by atoms with Gasteiger partial charge in [-0.05, 0) is 31.2 Å². The predicted octanol–water partition coefficient (Wildman–Crippen LogP) is 2.54. The second-order valence-corrected chi connectivity index (χ2v) is 4.14. The van der Waals surface area contributed by atoms with E-state index in [1.165, 1.54) is 0 Å². The second kappa shape index (κ2) is 4.07. The molecule has 4 heteroatoms. The molecule has 3 aromatic rings. The Morgan fingerprint density at radius 1 is 1.17 bits per heavy atom. The van der Waals surface area contributed by atoms with E-state index in [2.05, 4.69) is 9.97 Å². The minimum Gasteiger partial charge on any atom is -0.300 e. The van der Waals surface area contributed by atoms with E-state index in [4.69, 9.17) is 0 Å². The van der Waals surface area contributed by atoms with E-state index in [1.54, 1.807) is 6.20 Å². The summed E-state index contributed by atoms with van der Waals surface area (Å²) in [5.41, 5.74) is 3.35. The summed E-state index contributed by atoms with van der Waals surface area (Å²) in [6.45, 7) is 1.95. The molecule has 0 amide bonds. The van der Waals surface area contributed by atoms with Gasteiger partial charge in [0.2, 0.25) is 0 Å². The van der Waals surface area contributed by atoms with Crippen LogP contribution >= 0.6 is 0 Å². The summed E-state index contributed by atoms with van der Waals surface area (Å²) in [4.78, 5) is 19.3. The van der Waals surface area contributed by atoms with Gasteiger partial charge in [0.1, 0.15) is 5.65 Å². The molecule has 0 atom stereocenters. The zero-order chi connectivity index (χ0) is 12.5. The summed E-state index contributed by atoms with van der Waals surface area (Å²) in [5.74, 6) is 0. The molecule has 0 bridgehead atoms. The van der Waals surface area contributed by atoms with Crippen molar-refractivity contribution in [3.63, 3.8) is 0 Å². The van der Waals surface area contributed by atoms with E-state index in [0.29, 0.717) is 5.56 Å². The molecule has 0 aliphatic heterocycles. The van der Waals surface area contributed by atoms with Crippen LogP contribution in [0.4, 0.5) is 0 Å². The number of fused-ring (bicyclic) bond motifs is 1. The van der Waals surface area contributed by atoms with Crippen molar-refractivity contribution in [3.8, 4) is 5.69 Å². The van der Waals surface area contributed by atoms with E-state index in [0.717, 1.165) is 28.7 Å². The average molecular weight is 237 g/mol. The van der Waals surface area contributed by atoms with Crippen LogP contribution in [0.2, 0.25) is 0 Å². The zero-order valence-electron chi connectivity index (χ0n) is 9.87. The van der Waals surface area contributed by atoms with Gasteiger partial charge in [-0.15, -0.1) is 0 Å². The Morgan fingerprint density at radius 3 is 2.78 bits per heavy atom. The second-order valence-electron chi connectivity index (χ2n) is 4.14. The van der Waals surface area contributed by atoms with Crippen LogP contribution in [0.15, 0.2) is 42.9 Å². The monoisotopic (exact) mass is 237 g/mol. The molecule has 0 aromatic carbocycles. The van der Waals surface area contributed by atoms with Crippen LogP contribution < -0.4 is 0 Å². The molecule has 3 rings (SSSR count). The standard InChI is InChI=1S/C14H11N3O/c1-10-2-3-13(8-15-10)17-5-4-12-6-11(9-18)7-16-14(12)17/h2-9H,1H3. The summed E-state index contributed by atoms with van der Waals surface area (Å²) in [7, 11) is 0. The van der Waals surface area contributed by atoms with Crippen molar-refractivity contribution in [1.29, 1.82) is 0 Å². The number of hydrogen-bond donors (Lipinski definition) is 0. The molecule has 0 saturated carbocycles. The van der Waals surface area contributed by atoms with E-state index in [1.807, 2.05) is 48.1 Å². The molecule has 3 heterocycles. The van der Waals surface area contributed by atoms with Gasteiger partial charge in [-0.1, -0.05) is 0 Å². The highest BCUT2D eigenvalue weighted by Gasteiger charge is 2.05. The molecule has 0 fully saturated rings. The largest absolute Gasteiger partial charge is 0.300 e. The van der Waals surface area contributed by atoms with Crippen LogP contribution in [0.25, 0.3) is 16.7 Å². The molecule has 0 N–H and O–H groups in total. The third-order valence-corrected chi connectivity index (χ3v) is 2.86. The first-order valence-corrected chi connectivity index (χ1v) is 5.63. The molecular weight excluding hydrogens is 226 g/mol. The first-order chi connectivity index (χ1) is 8.78. The topological polar surface area (TPSA) is 47.8 Å². The molecule has 88 valence electrons. The molecule has 3 aromatic heterocycles. The molecule has 0 unspecified atom stereocenters. The minimum absolute atomic E-state index is 0.585. The molecule has 18 heavy (non-hydrogen) atoms. The fourth-order valence-electron chi connectivity index (χ4n) is 1.92. The maximum absolute atomic E-state index is 10.7. The molecule has 0 aliphatic rings. The normalized spacial score (nSPS) is 10.7. The van der Waals surface area contributed by atoms with Crippen molar-refractivity contribution in [2.75, 3.05) is 0 Å². The van der Waals surface area contributed by atoms with Crippen molar-refractivity contribution < 1.29 is 4.79 Å². The number of pyridine rings is 2. The number of rotatable bonds is 2. The van der Waals surface area contributed by atoms with Gasteiger partial charge < -0.3 is 0 Å². The molecule has 0 saturated heterocycles. The van der Waals surface area contributed by atoms with Gasteiger partial charge in [-0.3, -0.25) is 14.3 Å². The van der Waals surface area contributed by atoms with Crippen molar-refractivity contribution in [3.05, 3.63) is 54.1 Å². The smallest absolute Gasteiger partial charge is 0.151 e. The Kier molecular flexibility index (Phi) is 2.41. The van der Waals surface area contributed by atoms with Gasteiger partial charge in [-0.2, -0.15) is 0 Å². The van der Waals surface area contributed by atoms with Crippen LogP contribution in [0, 0.1) is 6.92 Å². The SMILES string of the molecule is Cc1ccc(-n2ccc3cc(C=O)cnc32)cn1. The Labute approximate surface area is 104 Å². The predicted molar refractivity (Wildman–Crippen MR) is 69.0 cm³/mol. The molecule has 0 aliphatic carbocycles. The number of carbonyl (C=O) groups is 1. The lowest BCUT2D eigenvalue weighted by molar-refractivity contribution is 0.112. The molecule has 4 nitrogen and oxygen atoms in total. The van der Waals surface area contributed by atoms with Crippen LogP contribution in [-0.2, 0) is 0 Å². The van der Waals surface area contributed by atoms with Gasteiger partial charge in [0.15, 0.2) is 6.29 Å². The van der Waals surface area contributed by atoms with Crippen LogP contribution in [-0.4, -0.2) is 20.8 Å². The number of nitrogens with zero attached hydrogens (tertiary/aromatic N) is 3. The summed E-state index contributed by atoms with van der Waals surface area (Å²) in [5, 5.41) is 0.945. The number of carbonyl (C=O) groups excluding carboxylic acids is 1. The van der Waals surface area contributed by atoms with E-state index < -0.39 is 0 Å². The summed E-state index contributed by atoms with van der Waals surface area (Å²) in [6.07, 6.45) is 6.12. The highest BCUT2D eigenvalue weighted by molar-refractivity contribution is 5.85. The minimum atomic E-state index is 0.585. The number of aryl methyl sites for hydroxylation is 1. The van der Waals surface area contributed by atoms with Crippen molar-refractivity contribution in [2.45, 2.75) is 6.92 Å². The zero-order valence-corrected chi connectivity index (χ0v) is 9.87. The first kappa shape index (κ1) is 10.7. The summed E-state index contributed by atoms with van der Waals surface area (Å²) in [6, 6.07) is 7.72. The van der Waals surface area contributed by atoms with Gasteiger partial charge in [0, 0.05) is 29.0 Å². The van der Waals surface area contributed by atoms with Gasteiger partial charge in [0.05, 0.1) is 11.9 Å². The number of hydrogen-bond acceptors (Lipinski definition) is 3. The number of aldehydes is 1. The Hall–Kier alpha value is -2.49. The summed E-state index contributed by atoms with van der Waals surface area (Å²) >= 11 is 0. The lowest BCUT2D eigenvalue weighted by Gasteiger charge is -2.04.